The van der Waals surface area contributed by atoms with Crippen LogP contribution in [0.4, 0.5) is 5.69 Å². The number of carbonyl (C=O) groups is 1. The minimum Gasteiger partial charge on any atom is -0.378 e. The molecule has 6 heteroatoms. The van der Waals surface area contributed by atoms with E-state index in [1.165, 1.54) is 0 Å². The number of nitrogens with one attached hydrogen (secondary N) is 1. The van der Waals surface area contributed by atoms with Gasteiger partial charge in [0.2, 0.25) is 0 Å². The van der Waals surface area contributed by atoms with Crippen molar-refractivity contribution in [3.05, 3.63) is 84.2 Å². The molecule has 0 radical (unpaired) electrons. The first-order valence-electron chi connectivity index (χ1n) is 9.56. The fraction of sp³-hybridized carbons (Fsp3) is 0.273. The van der Waals surface area contributed by atoms with Crippen LogP contribution in [0.2, 0.25) is 0 Å². The van der Waals surface area contributed by atoms with E-state index in [1.807, 2.05) is 71.5 Å². The highest BCUT2D eigenvalue weighted by Gasteiger charge is 2.21. The number of ether oxygens (including phenoxy) is 1. The van der Waals surface area contributed by atoms with Crippen molar-refractivity contribution in [2.24, 2.45) is 0 Å². The minimum absolute atomic E-state index is 0.0805. The summed E-state index contributed by atoms with van der Waals surface area (Å²) in [4.78, 5) is 15.4. The maximum Gasteiger partial charge on any atom is 0.253 e. The van der Waals surface area contributed by atoms with Crippen molar-refractivity contribution in [2.75, 3.05) is 31.2 Å². The second-order valence-corrected chi connectivity index (χ2v) is 6.78. The second-order valence-electron chi connectivity index (χ2n) is 6.78. The van der Waals surface area contributed by atoms with Gasteiger partial charge in [0.1, 0.15) is 0 Å². The van der Waals surface area contributed by atoms with E-state index in [0.717, 1.165) is 24.3 Å². The van der Waals surface area contributed by atoms with E-state index in [1.54, 1.807) is 6.20 Å². The van der Waals surface area contributed by atoms with Crippen LogP contribution in [-0.4, -0.2) is 42.0 Å². The Morgan fingerprint density at radius 2 is 1.79 bits per heavy atom. The predicted molar refractivity (Wildman–Crippen MR) is 108 cm³/mol. The third-order valence-corrected chi connectivity index (χ3v) is 4.94. The molecule has 144 valence electrons. The first kappa shape index (κ1) is 18.3. The van der Waals surface area contributed by atoms with Gasteiger partial charge in [-0.05, 0) is 23.8 Å². The lowest BCUT2D eigenvalue weighted by atomic mass is 10.1. The summed E-state index contributed by atoms with van der Waals surface area (Å²) in [6.07, 6.45) is 3.65. The lowest BCUT2D eigenvalue weighted by Gasteiger charge is -2.30. The number of amides is 1. The Morgan fingerprint density at radius 3 is 2.54 bits per heavy atom. The number of nitrogens with zero attached hydrogens (tertiary/aromatic N) is 3. The van der Waals surface area contributed by atoms with Crippen LogP contribution >= 0.6 is 0 Å². The molecule has 0 bridgehead atoms. The monoisotopic (exact) mass is 376 g/mol. The van der Waals surface area contributed by atoms with Crippen molar-refractivity contribution in [1.29, 1.82) is 0 Å². The lowest BCUT2D eigenvalue weighted by Crippen LogP contribution is -2.38. The fourth-order valence-corrected chi connectivity index (χ4v) is 3.50. The molecule has 28 heavy (non-hydrogen) atoms. The zero-order valence-electron chi connectivity index (χ0n) is 15.7. The van der Waals surface area contributed by atoms with E-state index in [4.69, 9.17) is 4.74 Å². The van der Waals surface area contributed by atoms with E-state index in [2.05, 4.69) is 15.3 Å². The smallest absolute Gasteiger partial charge is 0.253 e. The van der Waals surface area contributed by atoms with Crippen molar-refractivity contribution in [3.8, 4) is 0 Å². The highest BCUT2D eigenvalue weighted by Crippen LogP contribution is 2.23. The summed E-state index contributed by atoms with van der Waals surface area (Å²) in [6.45, 7) is 3.52. The van der Waals surface area contributed by atoms with E-state index < -0.39 is 0 Å². The zero-order valence-corrected chi connectivity index (χ0v) is 15.7. The van der Waals surface area contributed by atoms with E-state index >= 15 is 0 Å². The Kier molecular flexibility index (Phi) is 5.68. The van der Waals surface area contributed by atoms with Crippen molar-refractivity contribution < 1.29 is 9.53 Å². The largest absolute Gasteiger partial charge is 0.378 e. The highest BCUT2D eigenvalue weighted by atomic mass is 16.5. The number of hydrogen-bond donors (Lipinski definition) is 1. The van der Waals surface area contributed by atoms with Gasteiger partial charge >= 0.3 is 0 Å². The van der Waals surface area contributed by atoms with Gasteiger partial charge in [0.25, 0.3) is 5.91 Å². The number of benzene rings is 2. The Balaban J connectivity index is 1.58. The molecule has 1 aliphatic rings. The van der Waals surface area contributed by atoms with Gasteiger partial charge in [0.05, 0.1) is 31.4 Å². The first-order chi connectivity index (χ1) is 13.8. The van der Waals surface area contributed by atoms with Crippen LogP contribution in [-0.2, 0) is 11.3 Å². The molecule has 0 unspecified atom stereocenters. The summed E-state index contributed by atoms with van der Waals surface area (Å²) < 4.78 is 7.29. The molecule has 1 saturated heterocycles. The Labute approximate surface area is 164 Å². The quantitative estimate of drug-likeness (QED) is 0.719. The van der Waals surface area contributed by atoms with Crippen molar-refractivity contribution >= 4 is 11.6 Å². The standard InChI is InChI=1S/C22H24N4O2/c27-22(19-9-4-5-10-21(19)25-13-15-28-16-14-25)24-20(17-26-12-6-11-23-26)18-7-2-1-3-8-18/h1-12,20H,13-17H2,(H,24,27)/t20-/m1/s1. The molecule has 4 rings (SSSR count). The van der Waals surface area contributed by atoms with Crippen molar-refractivity contribution in [2.45, 2.75) is 12.6 Å². The average molecular weight is 376 g/mol. The highest BCUT2D eigenvalue weighted by molar-refractivity contribution is 6.00. The molecule has 1 fully saturated rings. The summed E-state index contributed by atoms with van der Waals surface area (Å²) >= 11 is 0. The number of morpholine rings is 1. The van der Waals surface area contributed by atoms with Gasteiger partial charge in [-0.2, -0.15) is 5.10 Å². The summed E-state index contributed by atoms with van der Waals surface area (Å²) in [5.74, 6) is -0.0805. The topological polar surface area (TPSA) is 59.4 Å². The summed E-state index contributed by atoms with van der Waals surface area (Å²) in [6, 6.07) is 19.5. The van der Waals surface area contributed by atoms with Gasteiger partial charge in [-0.1, -0.05) is 42.5 Å². The fourth-order valence-electron chi connectivity index (χ4n) is 3.50. The van der Waals surface area contributed by atoms with Gasteiger partial charge < -0.3 is 15.0 Å². The van der Waals surface area contributed by atoms with Crippen LogP contribution in [0.1, 0.15) is 22.0 Å². The number of hydrogen-bond acceptors (Lipinski definition) is 4. The predicted octanol–water partition coefficient (Wildman–Crippen LogP) is 2.89. The van der Waals surface area contributed by atoms with Crippen LogP contribution in [0.5, 0.6) is 0 Å². The molecule has 0 saturated carbocycles. The molecule has 3 aromatic rings. The number of anilines is 1. The van der Waals surface area contributed by atoms with Crippen LogP contribution in [0.25, 0.3) is 0 Å². The van der Waals surface area contributed by atoms with Crippen LogP contribution in [0.3, 0.4) is 0 Å². The first-order valence-corrected chi connectivity index (χ1v) is 9.56. The number of para-hydroxylation sites is 1. The van der Waals surface area contributed by atoms with Gasteiger partial charge in [-0.3, -0.25) is 9.48 Å². The normalized spacial score (nSPS) is 15.2. The van der Waals surface area contributed by atoms with Gasteiger partial charge in [0.15, 0.2) is 0 Å². The van der Waals surface area contributed by atoms with Gasteiger partial charge in [-0.15, -0.1) is 0 Å². The molecular formula is C22H24N4O2. The molecule has 1 atom stereocenters. The third kappa shape index (κ3) is 4.23. The molecular weight excluding hydrogens is 352 g/mol. The average Bonchev–Trinajstić information content (AvgIpc) is 3.28. The van der Waals surface area contributed by atoms with Gasteiger partial charge in [0, 0.05) is 31.2 Å². The summed E-state index contributed by atoms with van der Waals surface area (Å²) in [7, 11) is 0. The SMILES string of the molecule is O=C(N[C@H](Cn1cccn1)c1ccccc1)c1ccccc1N1CCOCC1. The number of carbonyl (C=O) groups excluding carboxylic acids is 1. The molecule has 0 spiro atoms. The van der Waals surface area contributed by atoms with E-state index in [0.29, 0.717) is 25.3 Å². The Morgan fingerprint density at radius 1 is 1.04 bits per heavy atom. The molecule has 2 heterocycles. The summed E-state index contributed by atoms with van der Waals surface area (Å²) in [5, 5.41) is 7.51. The Bertz CT molecular complexity index is 890. The minimum atomic E-state index is -0.175. The third-order valence-electron chi connectivity index (χ3n) is 4.94. The summed E-state index contributed by atoms with van der Waals surface area (Å²) in [5.41, 5.74) is 2.69. The van der Waals surface area contributed by atoms with Crippen molar-refractivity contribution in [3.63, 3.8) is 0 Å². The van der Waals surface area contributed by atoms with Crippen LogP contribution in [0.15, 0.2) is 73.1 Å². The molecule has 1 aliphatic heterocycles. The Hall–Kier alpha value is -3.12. The molecule has 1 aromatic heterocycles. The van der Waals surface area contributed by atoms with E-state index in [9.17, 15) is 4.79 Å². The molecule has 1 amide bonds. The van der Waals surface area contributed by atoms with E-state index in [-0.39, 0.29) is 11.9 Å². The number of rotatable bonds is 6. The maximum absolute atomic E-state index is 13.2. The molecule has 2 aromatic carbocycles. The molecule has 6 nitrogen and oxygen atoms in total. The van der Waals surface area contributed by atoms with Crippen molar-refractivity contribution in [1.82, 2.24) is 15.1 Å². The van der Waals surface area contributed by atoms with Crippen LogP contribution in [0, 0.1) is 0 Å². The zero-order chi connectivity index (χ0) is 19.2. The lowest BCUT2D eigenvalue weighted by molar-refractivity contribution is 0.0930. The second kappa shape index (κ2) is 8.71. The van der Waals surface area contributed by atoms with Gasteiger partial charge in [-0.25, -0.2) is 0 Å². The number of aromatic nitrogens is 2. The molecule has 1 N–H and O–H groups in total. The molecule has 0 aliphatic carbocycles. The van der Waals surface area contributed by atoms with Crippen LogP contribution < -0.4 is 10.2 Å². The maximum atomic E-state index is 13.2.